The number of rotatable bonds is 7. The summed E-state index contributed by atoms with van der Waals surface area (Å²) in [5.41, 5.74) is 2.02. The van der Waals surface area contributed by atoms with Crippen LogP contribution in [0.4, 0.5) is 0 Å². The quantitative estimate of drug-likeness (QED) is 0.397. The van der Waals surface area contributed by atoms with Crippen LogP contribution in [0.5, 0.6) is 0 Å². The van der Waals surface area contributed by atoms with Gasteiger partial charge in [0.05, 0.1) is 17.7 Å². The van der Waals surface area contributed by atoms with E-state index in [1.54, 1.807) is 35.9 Å². The van der Waals surface area contributed by atoms with Gasteiger partial charge >= 0.3 is 5.97 Å². The highest BCUT2D eigenvalue weighted by Crippen LogP contribution is 2.23. The zero-order valence-electron chi connectivity index (χ0n) is 15.0. The smallest absolute Gasteiger partial charge is 0.338 e. The molecular weight excluding hydrogens is 344 g/mol. The topological polar surface area (TPSA) is 77.4 Å². The van der Waals surface area contributed by atoms with Crippen LogP contribution >= 0.6 is 0 Å². The number of amides is 1. The maximum absolute atomic E-state index is 12.5. The Kier molecular flexibility index (Phi) is 5.66. The molecule has 0 aliphatic rings. The van der Waals surface area contributed by atoms with Crippen LogP contribution in [0.25, 0.3) is 10.9 Å². The van der Waals surface area contributed by atoms with Crippen LogP contribution in [0.2, 0.25) is 0 Å². The number of esters is 1. The second-order valence-electron chi connectivity index (χ2n) is 6.07. The Hall–Kier alpha value is -3.41. The number of nitrogens with one attached hydrogen (secondary N) is 1. The number of nitrogens with zero attached hydrogens (tertiary/aromatic N) is 1. The second kappa shape index (κ2) is 8.31. The lowest BCUT2D eigenvalue weighted by molar-refractivity contribution is 0.0500. The molecule has 0 bridgehead atoms. The molecule has 0 fully saturated rings. The van der Waals surface area contributed by atoms with E-state index in [0.717, 1.165) is 10.9 Å². The molecular formula is C21H20N2O4. The SMILES string of the molecule is Cn1c(C(=O)NCCCOC(=O)c2ccccc2)c(C=O)c2ccccc21. The molecule has 1 N–H and O–H groups in total. The van der Waals surface area contributed by atoms with Gasteiger partial charge < -0.3 is 14.6 Å². The minimum atomic E-state index is -0.390. The molecule has 2 aromatic carbocycles. The van der Waals surface area contributed by atoms with Crippen molar-refractivity contribution in [2.24, 2.45) is 7.05 Å². The number of para-hydroxylation sites is 1. The summed E-state index contributed by atoms with van der Waals surface area (Å²) in [6.45, 7) is 0.532. The van der Waals surface area contributed by atoms with Crippen molar-refractivity contribution >= 4 is 29.1 Å². The first-order valence-electron chi connectivity index (χ1n) is 8.66. The first-order chi connectivity index (χ1) is 13.1. The van der Waals surface area contributed by atoms with Gasteiger partial charge in [-0.3, -0.25) is 9.59 Å². The molecule has 1 amide bonds. The number of benzene rings is 2. The molecule has 0 saturated heterocycles. The van der Waals surface area contributed by atoms with Crippen LogP contribution in [0, 0.1) is 0 Å². The summed E-state index contributed by atoms with van der Waals surface area (Å²) < 4.78 is 6.89. The van der Waals surface area contributed by atoms with Gasteiger partial charge in [-0.05, 0) is 24.6 Å². The van der Waals surface area contributed by atoms with Gasteiger partial charge in [0, 0.05) is 24.5 Å². The fraction of sp³-hybridized carbons (Fsp3) is 0.190. The van der Waals surface area contributed by atoms with E-state index in [-0.39, 0.29) is 18.5 Å². The van der Waals surface area contributed by atoms with Gasteiger partial charge in [-0.25, -0.2) is 4.79 Å². The molecule has 0 radical (unpaired) electrons. The number of hydrogen-bond acceptors (Lipinski definition) is 4. The fourth-order valence-electron chi connectivity index (χ4n) is 3.00. The van der Waals surface area contributed by atoms with Crippen molar-refractivity contribution in [2.75, 3.05) is 13.2 Å². The van der Waals surface area contributed by atoms with E-state index in [2.05, 4.69) is 5.32 Å². The molecule has 0 spiro atoms. The summed E-state index contributed by atoms with van der Waals surface area (Å²) in [4.78, 5) is 35.9. The maximum Gasteiger partial charge on any atom is 0.338 e. The van der Waals surface area contributed by atoms with Gasteiger partial charge in [-0.15, -0.1) is 0 Å². The lowest BCUT2D eigenvalue weighted by Crippen LogP contribution is -2.28. The van der Waals surface area contributed by atoms with Crippen molar-refractivity contribution in [3.8, 4) is 0 Å². The molecule has 0 aliphatic heterocycles. The van der Waals surface area contributed by atoms with Gasteiger partial charge in [0.2, 0.25) is 0 Å². The Labute approximate surface area is 156 Å². The van der Waals surface area contributed by atoms with Gasteiger partial charge in [0.25, 0.3) is 5.91 Å². The number of fused-ring (bicyclic) bond motifs is 1. The van der Waals surface area contributed by atoms with Crippen LogP contribution in [0.15, 0.2) is 54.6 Å². The first kappa shape index (κ1) is 18.4. The number of hydrogen-bond donors (Lipinski definition) is 1. The van der Waals surface area contributed by atoms with Crippen molar-refractivity contribution in [3.05, 3.63) is 71.4 Å². The molecule has 0 aliphatic carbocycles. The van der Waals surface area contributed by atoms with Gasteiger partial charge in [0.15, 0.2) is 6.29 Å². The third-order valence-corrected chi connectivity index (χ3v) is 4.33. The van der Waals surface area contributed by atoms with E-state index in [9.17, 15) is 14.4 Å². The predicted molar refractivity (Wildman–Crippen MR) is 102 cm³/mol. The molecule has 3 aromatic rings. The van der Waals surface area contributed by atoms with Crippen LogP contribution in [0.1, 0.15) is 37.6 Å². The highest BCUT2D eigenvalue weighted by Gasteiger charge is 2.20. The number of aromatic nitrogens is 1. The minimum absolute atomic E-state index is 0.198. The predicted octanol–water partition coefficient (Wildman–Crippen LogP) is 2.97. The van der Waals surface area contributed by atoms with E-state index in [1.807, 2.05) is 30.3 Å². The summed E-state index contributed by atoms with van der Waals surface area (Å²) in [5, 5.41) is 3.53. The number of carbonyl (C=O) groups excluding carboxylic acids is 3. The summed E-state index contributed by atoms with van der Waals surface area (Å²) in [6.07, 6.45) is 1.18. The van der Waals surface area contributed by atoms with Crippen LogP contribution in [0.3, 0.4) is 0 Å². The largest absolute Gasteiger partial charge is 0.462 e. The number of aldehydes is 1. The standard InChI is InChI=1S/C21H20N2O4/c1-23-18-11-6-5-10-16(18)17(14-24)19(23)20(25)22-12-7-13-27-21(26)15-8-3-2-4-9-15/h2-6,8-11,14H,7,12-13H2,1H3,(H,22,25). The Morgan fingerprint density at radius 2 is 1.78 bits per heavy atom. The van der Waals surface area contributed by atoms with Crippen LogP contribution in [-0.2, 0) is 11.8 Å². The highest BCUT2D eigenvalue weighted by atomic mass is 16.5. The molecule has 138 valence electrons. The minimum Gasteiger partial charge on any atom is -0.462 e. The normalized spacial score (nSPS) is 10.6. The van der Waals surface area contributed by atoms with Crippen molar-refractivity contribution < 1.29 is 19.1 Å². The van der Waals surface area contributed by atoms with E-state index in [4.69, 9.17) is 4.74 Å². The molecule has 1 aromatic heterocycles. The number of aryl methyl sites for hydroxylation is 1. The van der Waals surface area contributed by atoms with Gasteiger partial charge in [-0.1, -0.05) is 36.4 Å². The Morgan fingerprint density at radius 1 is 1.07 bits per heavy atom. The van der Waals surface area contributed by atoms with Gasteiger partial charge in [0.1, 0.15) is 5.69 Å². The van der Waals surface area contributed by atoms with E-state index < -0.39 is 0 Å². The Bertz CT molecular complexity index is 977. The Balaban J connectivity index is 1.56. The molecule has 3 rings (SSSR count). The highest BCUT2D eigenvalue weighted by molar-refractivity contribution is 6.10. The van der Waals surface area contributed by atoms with Crippen LogP contribution in [-0.4, -0.2) is 35.9 Å². The van der Waals surface area contributed by atoms with E-state index in [1.165, 1.54) is 0 Å². The zero-order chi connectivity index (χ0) is 19.2. The Morgan fingerprint density at radius 3 is 2.52 bits per heavy atom. The second-order valence-corrected chi connectivity index (χ2v) is 6.07. The van der Waals surface area contributed by atoms with Crippen molar-refractivity contribution in [2.45, 2.75) is 6.42 Å². The molecule has 1 heterocycles. The lowest BCUT2D eigenvalue weighted by Gasteiger charge is -2.08. The van der Waals surface area contributed by atoms with Crippen molar-refractivity contribution in [1.29, 1.82) is 0 Å². The van der Waals surface area contributed by atoms with E-state index in [0.29, 0.717) is 36.1 Å². The molecule has 6 heteroatoms. The summed E-state index contributed by atoms with van der Waals surface area (Å²) >= 11 is 0. The van der Waals surface area contributed by atoms with Gasteiger partial charge in [-0.2, -0.15) is 0 Å². The summed E-state index contributed by atoms with van der Waals surface area (Å²) in [5.74, 6) is -0.718. The van der Waals surface area contributed by atoms with E-state index >= 15 is 0 Å². The maximum atomic E-state index is 12.5. The number of carbonyl (C=O) groups is 3. The summed E-state index contributed by atoms with van der Waals surface area (Å²) in [7, 11) is 1.76. The van der Waals surface area contributed by atoms with Crippen molar-refractivity contribution in [3.63, 3.8) is 0 Å². The molecule has 27 heavy (non-hydrogen) atoms. The average Bonchev–Trinajstić information content (AvgIpc) is 3.00. The monoisotopic (exact) mass is 364 g/mol. The summed E-state index contributed by atoms with van der Waals surface area (Å²) in [6, 6.07) is 16.1. The molecule has 0 saturated carbocycles. The molecule has 0 unspecified atom stereocenters. The zero-order valence-corrected chi connectivity index (χ0v) is 15.0. The molecule has 0 atom stereocenters. The lowest BCUT2D eigenvalue weighted by atomic mass is 10.1. The van der Waals surface area contributed by atoms with Crippen molar-refractivity contribution in [1.82, 2.24) is 9.88 Å². The first-order valence-corrected chi connectivity index (χ1v) is 8.66. The third-order valence-electron chi connectivity index (χ3n) is 4.33. The molecule has 6 nitrogen and oxygen atoms in total. The third kappa shape index (κ3) is 3.89. The fourth-order valence-corrected chi connectivity index (χ4v) is 3.00. The number of ether oxygens (including phenoxy) is 1. The van der Waals surface area contributed by atoms with Crippen LogP contribution < -0.4 is 5.32 Å². The average molecular weight is 364 g/mol.